The van der Waals surface area contributed by atoms with E-state index in [1.165, 1.54) is 0 Å². The van der Waals surface area contributed by atoms with Crippen molar-refractivity contribution in [1.29, 1.82) is 0 Å². The first-order valence-corrected chi connectivity index (χ1v) is 7.50. The van der Waals surface area contributed by atoms with Crippen LogP contribution in [-0.2, 0) is 4.79 Å². The molecule has 0 bridgehead atoms. The second-order valence-corrected chi connectivity index (χ2v) is 5.63. The number of amides is 3. The molecule has 0 fully saturated rings. The molecule has 4 rings (SSSR count). The summed E-state index contributed by atoms with van der Waals surface area (Å²) in [7, 11) is 0. The highest BCUT2D eigenvalue weighted by atomic mass is 16.2. The molecular weight excluding hydrogens is 324 g/mol. The fraction of sp³-hybridized carbons (Fsp3) is 0.0588. The lowest BCUT2D eigenvalue weighted by Crippen LogP contribution is -2.37. The number of nitrogens with one attached hydrogen (secondary N) is 3. The third-order valence-corrected chi connectivity index (χ3v) is 3.98. The van der Waals surface area contributed by atoms with Gasteiger partial charge in [-0.2, -0.15) is 0 Å². The molecule has 0 radical (unpaired) electrons. The molecule has 3 amide bonds. The summed E-state index contributed by atoms with van der Waals surface area (Å²) in [5, 5.41) is 2.62. The zero-order valence-corrected chi connectivity index (χ0v) is 12.8. The van der Waals surface area contributed by atoms with Gasteiger partial charge in [0.05, 0.1) is 22.2 Å². The van der Waals surface area contributed by atoms with E-state index in [1.807, 2.05) is 0 Å². The van der Waals surface area contributed by atoms with E-state index >= 15 is 0 Å². The number of hydrogen-bond donors (Lipinski definition) is 3. The molecule has 0 aliphatic carbocycles. The number of fused-ring (bicyclic) bond motifs is 2. The quantitative estimate of drug-likeness (QED) is 0.621. The van der Waals surface area contributed by atoms with Gasteiger partial charge < -0.3 is 15.3 Å². The summed E-state index contributed by atoms with van der Waals surface area (Å²) in [5.74, 6) is -1.48. The zero-order chi connectivity index (χ0) is 17.6. The standard InChI is InChI=1S/C17H12N4O4/c22-14(18-9-5-6-12-13(7-9)20-17(25)19-12)8-21-15(23)10-3-1-2-4-11(10)16(21)24/h1-7H,8H2,(H,18,22)(H2,19,20,25). The van der Waals surface area contributed by atoms with Crippen LogP contribution in [-0.4, -0.2) is 39.1 Å². The van der Waals surface area contributed by atoms with Crippen molar-refractivity contribution in [2.75, 3.05) is 11.9 Å². The molecule has 3 aromatic rings. The molecule has 1 aliphatic rings. The van der Waals surface area contributed by atoms with Crippen molar-refractivity contribution in [3.63, 3.8) is 0 Å². The van der Waals surface area contributed by atoms with Crippen molar-refractivity contribution in [2.45, 2.75) is 0 Å². The van der Waals surface area contributed by atoms with Gasteiger partial charge in [0.15, 0.2) is 0 Å². The van der Waals surface area contributed by atoms with Gasteiger partial charge in [0.25, 0.3) is 11.8 Å². The van der Waals surface area contributed by atoms with Crippen molar-refractivity contribution in [3.05, 3.63) is 64.1 Å². The van der Waals surface area contributed by atoms with Gasteiger partial charge in [-0.1, -0.05) is 12.1 Å². The Hall–Kier alpha value is -3.68. The summed E-state index contributed by atoms with van der Waals surface area (Å²) in [4.78, 5) is 54.1. The highest BCUT2D eigenvalue weighted by Gasteiger charge is 2.36. The number of H-pyrrole nitrogens is 2. The Morgan fingerprint density at radius 2 is 1.56 bits per heavy atom. The maximum absolute atomic E-state index is 12.3. The number of benzene rings is 2. The first-order valence-electron chi connectivity index (χ1n) is 7.50. The van der Waals surface area contributed by atoms with Crippen LogP contribution in [0.15, 0.2) is 47.3 Å². The van der Waals surface area contributed by atoms with E-state index in [2.05, 4.69) is 15.3 Å². The van der Waals surface area contributed by atoms with E-state index in [0.717, 1.165) is 4.90 Å². The van der Waals surface area contributed by atoms with Crippen LogP contribution in [0.3, 0.4) is 0 Å². The topological polar surface area (TPSA) is 115 Å². The van der Waals surface area contributed by atoms with Crippen LogP contribution in [0.5, 0.6) is 0 Å². The number of aromatic amines is 2. The molecule has 0 unspecified atom stereocenters. The number of imide groups is 1. The second-order valence-electron chi connectivity index (χ2n) is 5.63. The number of nitrogens with zero attached hydrogens (tertiary/aromatic N) is 1. The van der Waals surface area contributed by atoms with E-state index in [9.17, 15) is 19.2 Å². The van der Waals surface area contributed by atoms with E-state index < -0.39 is 17.7 Å². The lowest BCUT2D eigenvalue weighted by atomic mass is 10.1. The molecule has 124 valence electrons. The van der Waals surface area contributed by atoms with E-state index in [-0.39, 0.29) is 12.2 Å². The molecule has 25 heavy (non-hydrogen) atoms. The fourth-order valence-corrected chi connectivity index (χ4v) is 2.84. The van der Waals surface area contributed by atoms with Crippen LogP contribution >= 0.6 is 0 Å². The molecule has 2 heterocycles. The third kappa shape index (κ3) is 2.49. The van der Waals surface area contributed by atoms with Crippen molar-refractivity contribution < 1.29 is 14.4 Å². The van der Waals surface area contributed by atoms with Crippen LogP contribution in [0.4, 0.5) is 5.69 Å². The first kappa shape index (κ1) is 14.9. The Kier molecular flexibility index (Phi) is 3.24. The molecule has 1 aliphatic heterocycles. The van der Waals surface area contributed by atoms with Crippen molar-refractivity contribution in [1.82, 2.24) is 14.9 Å². The number of rotatable bonds is 3. The number of carbonyl (C=O) groups excluding carboxylic acids is 3. The minimum Gasteiger partial charge on any atom is -0.324 e. The number of carbonyl (C=O) groups is 3. The predicted octanol–water partition coefficient (Wildman–Crippen LogP) is 1.09. The number of imidazole rings is 1. The van der Waals surface area contributed by atoms with E-state index in [4.69, 9.17) is 0 Å². The third-order valence-electron chi connectivity index (χ3n) is 3.98. The van der Waals surface area contributed by atoms with Gasteiger partial charge in [-0.05, 0) is 30.3 Å². The molecule has 0 saturated heterocycles. The molecule has 0 saturated carbocycles. The van der Waals surface area contributed by atoms with Gasteiger partial charge in [0, 0.05) is 5.69 Å². The Labute approximate surface area is 140 Å². The molecule has 2 aromatic carbocycles. The Balaban J connectivity index is 1.51. The molecular formula is C17H12N4O4. The van der Waals surface area contributed by atoms with Crippen LogP contribution in [0, 0.1) is 0 Å². The molecule has 8 heteroatoms. The highest BCUT2D eigenvalue weighted by Crippen LogP contribution is 2.22. The Bertz CT molecular complexity index is 1060. The Morgan fingerprint density at radius 1 is 0.920 bits per heavy atom. The first-order chi connectivity index (χ1) is 12.0. The molecule has 1 aromatic heterocycles. The van der Waals surface area contributed by atoms with Crippen molar-refractivity contribution in [2.24, 2.45) is 0 Å². The maximum Gasteiger partial charge on any atom is 0.323 e. The minimum absolute atomic E-state index is 0.298. The van der Waals surface area contributed by atoms with Crippen molar-refractivity contribution in [3.8, 4) is 0 Å². The van der Waals surface area contributed by atoms with Crippen LogP contribution < -0.4 is 11.0 Å². The molecule has 3 N–H and O–H groups in total. The van der Waals surface area contributed by atoms with Crippen LogP contribution in [0.2, 0.25) is 0 Å². The van der Waals surface area contributed by atoms with Crippen LogP contribution in [0.25, 0.3) is 11.0 Å². The zero-order valence-electron chi connectivity index (χ0n) is 12.8. The summed E-state index contributed by atoms with van der Waals surface area (Å²) >= 11 is 0. The van der Waals surface area contributed by atoms with Gasteiger partial charge >= 0.3 is 5.69 Å². The monoisotopic (exact) mass is 336 g/mol. The average Bonchev–Trinajstić information content (AvgIpc) is 3.07. The van der Waals surface area contributed by atoms with Gasteiger partial charge in [-0.15, -0.1) is 0 Å². The van der Waals surface area contributed by atoms with E-state index in [0.29, 0.717) is 27.8 Å². The fourth-order valence-electron chi connectivity index (χ4n) is 2.84. The van der Waals surface area contributed by atoms with Crippen molar-refractivity contribution >= 4 is 34.4 Å². The van der Waals surface area contributed by atoms with Gasteiger partial charge in [0.2, 0.25) is 5.91 Å². The predicted molar refractivity (Wildman–Crippen MR) is 89.4 cm³/mol. The highest BCUT2D eigenvalue weighted by molar-refractivity contribution is 6.22. The largest absolute Gasteiger partial charge is 0.324 e. The lowest BCUT2D eigenvalue weighted by Gasteiger charge is -2.13. The minimum atomic E-state index is -0.508. The van der Waals surface area contributed by atoms with Gasteiger partial charge in [-0.3, -0.25) is 19.3 Å². The summed E-state index contributed by atoms with van der Waals surface area (Å²) < 4.78 is 0. The van der Waals surface area contributed by atoms with Gasteiger partial charge in [0.1, 0.15) is 6.54 Å². The summed E-state index contributed by atoms with van der Waals surface area (Å²) in [6, 6.07) is 11.3. The number of aromatic nitrogens is 2. The summed E-state index contributed by atoms with van der Waals surface area (Å²) in [5.41, 5.74) is 1.86. The normalized spacial score (nSPS) is 13.4. The number of hydrogen-bond acceptors (Lipinski definition) is 4. The van der Waals surface area contributed by atoms with Crippen LogP contribution in [0.1, 0.15) is 20.7 Å². The summed E-state index contributed by atoms with van der Waals surface area (Å²) in [6.45, 7) is -0.381. The molecule has 8 nitrogen and oxygen atoms in total. The Morgan fingerprint density at radius 3 is 2.24 bits per heavy atom. The smallest absolute Gasteiger partial charge is 0.323 e. The maximum atomic E-state index is 12.3. The summed E-state index contributed by atoms with van der Waals surface area (Å²) in [6.07, 6.45) is 0. The molecule has 0 atom stereocenters. The SMILES string of the molecule is O=C(CN1C(=O)c2ccccc2C1=O)Nc1ccc2[nH]c(=O)[nH]c2c1. The average molecular weight is 336 g/mol. The second kappa shape index (κ2) is 5.45. The molecule has 0 spiro atoms. The lowest BCUT2D eigenvalue weighted by molar-refractivity contribution is -0.116. The number of anilines is 1. The van der Waals surface area contributed by atoms with E-state index in [1.54, 1.807) is 42.5 Å². The van der Waals surface area contributed by atoms with Gasteiger partial charge in [-0.25, -0.2) is 4.79 Å².